The van der Waals surface area contributed by atoms with E-state index >= 15 is 0 Å². The highest BCUT2D eigenvalue weighted by Crippen LogP contribution is 2.56. The molecular formula is C70H76N2O2S3. The third kappa shape index (κ3) is 11.5. The van der Waals surface area contributed by atoms with Crippen LogP contribution in [-0.2, 0) is 24.0 Å². The second-order valence-electron chi connectivity index (χ2n) is 22.0. The lowest BCUT2D eigenvalue weighted by molar-refractivity contribution is 0.281. The summed E-state index contributed by atoms with van der Waals surface area (Å²) >= 11 is 4.70. The van der Waals surface area contributed by atoms with E-state index in [0.717, 1.165) is 89.6 Å². The van der Waals surface area contributed by atoms with Crippen LogP contribution in [0.15, 0.2) is 109 Å². The molecule has 7 heteroatoms. The first-order chi connectivity index (χ1) is 37.9. The molecule has 8 aromatic rings. The zero-order valence-corrected chi connectivity index (χ0v) is 48.4. The molecule has 0 aliphatic heterocycles. The fourth-order valence-electron chi connectivity index (χ4n) is 12.8. The molecule has 3 aromatic heterocycles. The van der Waals surface area contributed by atoms with Gasteiger partial charge in [0.2, 0.25) is 0 Å². The van der Waals surface area contributed by atoms with E-state index in [2.05, 4.69) is 161 Å². The number of aliphatic hydroxyl groups excluding tert-OH is 2. The van der Waals surface area contributed by atoms with E-state index < -0.39 is 0 Å². The molecule has 4 nitrogen and oxygen atoms in total. The van der Waals surface area contributed by atoms with Crippen molar-refractivity contribution in [3.05, 3.63) is 163 Å². The van der Waals surface area contributed by atoms with E-state index in [1.54, 1.807) is 22.7 Å². The molecule has 10 rings (SSSR count). The molecule has 2 N–H and O–H groups in total. The molecule has 2 aliphatic carbocycles. The molecule has 77 heavy (non-hydrogen) atoms. The Balaban J connectivity index is 0.896. The van der Waals surface area contributed by atoms with Gasteiger partial charge in [0.15, 0.2) is 0 Å². The van der Waals surface area contributed by atoms with Crippen molar-refractivity contribution >= 4 is 45.4 Å². The van der Waals surface area contributed by atoms with Crippen molar-refractivity contribution in [2.24, 2.45) is 0 Å². The summed E-state index contributed by atoms with van der Waals surface area (Å²) in [6.07, 6.45) is 24.2. The molecule has 0 fully saturated rings. The van der Waals surface area contributed by atoms with E-state index in [9.17, 15) is 10.2 Å². The quantitative estimate of drug-likeness (QED) is 0.0467. The van der Waals surface area contributed by atoms with Crippen molar-refractivity contribution in [1.29, 1.82) is 0 Å². The summed E-state index contributed by atoms with van der Waals surface area (Å²) in [5, 5.41) is 20.5. The Hall–Kier alpha value is -5.64. The topological polar surface area (TPSA) is 66.2 Å². The van der Waals surface area contributed by atoms with Gasteiger partial charge in [-0.05, 0) is 130 Å². The summed E-state index contributed by atoms with van der Waals surface area (Å²) < 4.78 is 9.75. The molecule has 0 amide bonds. The van der Waals surface area contributed by atoms with Crippen LogP contribution in [0.4, 0.5) is 0 Å². The van der Waals surface area contributed by atoms with Crippen molar-refractivity contribution in [1.82, 2.24) is 8.75 Å². The molecule has 0 saturated heterocycles. The van der Waals surface area contributed by atoms with Crippen LogP contribution in [0.25, 0.3) is 54.2 Å². The van der Waals surface area contributed by atoms with Gasteiger partial charge in [-0.15, -0.1) is 22.7 Å². The number of aliphatic hydroxyl groups is 2. The van der Waals surface area contributed by atoms with Gasteiger partial charge in [-0.1, -0.05) is 215 Å². The van der Waals surface area contributed by atoms with Crippen LogP contribution in [0.2, 0.25) is 0 Å². The van der Waals surface area contributed by atoms with Crippen molar-refractivity contribution in [2.75, 3.05) is 0 Å². The predicted molar refractivity (Wildman–Crippen MR) is 328 cm³/mol. The Bertz CT molecular complexity index is 3210. The minimum Gasteiger partial charge on any atom is -0.392 e. The molecule has 2 aliphatic rings. The third-order valence-electron chi connectivity index (χ3n) is 16.9. The Kier molecular flexibility index (Phi) is 18.1. The maximum atomic E-state index is 10.3. The van der Waals surface area contributed by atoms with Gasteiger partial charge in [-0.2, -0.15) is 8.75 Å². The molecule has 0 radical (unpaired) electrons. The number of hydrogen-bond acceptors (Lipinski definition) is 7. The zero-order chi connectivity index (χ0) is 53.2. The highest BCUT2D eigenvalue weighted by atomic mass is 32.1. The van der Waals surface area contributed by atoms with Crippen LogP contribution in [0.3, 0.4) is 0 Å². The fraction of sp³-hybridized carbons (Fsp3) is 0.400. The summed E-state index contributed by atoms with van der Waals surface area (Å²) in [4.78, 5) is 4.32. The predicted octanol–water partition coefficient (Wildman–Crippen LogP) is 19.3. The maximum absolute atomic E-state index is 10.3. The minimum absolute atomic E-state index is 0.0629. The maximum Gasteiger partial charge on any atom is 0.114 e. The standard InChI is InChI=1S/C70H76N2O2S3/c1-5-9-13-17-39-69(40-18-14-10-6-2)61-43-49(23-31-55(61)57-33-25-51(47-73)45-63(57)69)21-27-53-29-37-65(75-53)59-35-36-60(68-67(59)71-77-72-68)66-38-30-54(76-66)28-22-50-24-32-56-58-34-26-52(48-74)46-64(58)70(62(56)44-50,41-19-15-11-7-3)42-20-16-12-8-4/h23-26,29-38,43-46,73-74H,5-20,39-42,47-48H2,1-4H3. The first-order valence-electron chi connectivity index (χ1n) is 29.1. The number of benzene rings is 5. The number of nitrogens with zero attached hydrogens (tertiary/aromatic N) is 2. The lowest BCUT2D eigenvalue weighted by atomic mass is 9.70. The summed E-state index contributed by atoms with van der Waals surface area (Å²) in [5.74, 6) is 14.3. The molecule has 0 saturated carbocycles. The second-order valence-corrected chi connectivity index (χ2v) is 24.6. The third-order valence-corrected chi connectivity index (χ3v) is 19.5. The minimum atomic E-state index is -0.0686. The van der Waals surface area contributed by atoms with Crippen molar-refractivity contribution in [3.63, 3.8) is 0 Å². The monoisotopic (exact) mass is 1070 g/mol. The molecule has 0 unspecified atom stereocenters. The van der Waals surface area contributed by atoms with E-state index in [0.29, 0.717) is 0 Å². The number of rotatable bonds is 24. The van der Waals surface area contributed by atoms with E-state index in [4.69, 9.17) is 8.75 Å². The zero-order valence-electron chi connectivity index (χ0n) is 46.0. The van der Waals surface area contributed by atoms with Gasteiger partial charge in [-0.3, -0.25) is 0 Å². The lowest BCUT2D eigenvalue weighted by Gasteiger charge is -2.33. The van der Waals surface area contributed by atoms with Crippen molar-refractivity contribution < 1.29 is 10.2 Å². The van der Waals surface area contributed by atoms with Crippen molar-refractivity contribution in [3.8, 4) is 66.8 Å². The molecule has 0 atom stereocenters. The van der Waals surface area contributed by atoms with Crippen LogP contribution >= 0.6 is 34.4 Å². The first-order valence-corrected chi connectivity index (χ1v) is 31.5. The summed E-state index contributed by atoms with van der Waals surface area (Å²) in [7, 11) is 0. The summed E-state index contributed by atoms with van der Waals surface area (Å²) in [5.41, 5.74) is 18.9. The van der Waals surface area contributed by atoms with Gasteiger partial charge in [0.1, 0.15) is 11.0 Å². The van der Waals surface area contributed by atoms with Gasteiger partial charge >= 0.3 is 0 Å². The van der Waals surface area contributed by atoms with Gasteiger partial charge in [0.25, 0.3) is 0 Å². The lowest BCUT2D eigenvalue weighted by Crippen LogP contribution is -2.26. The Morgan fingerprint density at radius 3 is 1.09 bits per heavy atom. The van der Waals surface area contributed by atoms with Gasteiger partial charge in [-0.25, -0.2) is 0 Å². The Morgan fingerprint density at radius 2 is 0.727 bits per heavy atom. The SMILES string of the molecule is CCCCCCC1(CCCCCC)c2cc(C#Cc3ccc(-c4ccc(-c5ccc(C#Cc6ccc7c(c6)C(CCCCCC)(CCCCCC)c6cc(CO)ccc6-7)s5)c5nsnc45)s3)ccc2-c2ccc(CO)cc21. The summed E-state index contributed by atoms with van der Waals surface area (Å²) in [6, 6.07) is 40.2. The second kappa shape index (κ2) is 25.4. The molecule has 0 bridgehead atoms. The number of aromatic nitrogens is 2. The van der Waals surface area contributed by atoms with Crippen LogP contribution in [0.5, 0.6) is 0 Å². The average molecular weight is 1070 g/mol. The summed E-state index contributed by atoms with van der Waals surface area (Å²) in [6.45, 7) is 9.29. The van der Waals surface area contributed by atoms with Crippen LogP contribution < -0.4 is 0 Å². The van der Waals surface area contributed by atoms with Gasteiger partial charge in [0.05, 0.1) is 34.7 Å². The normalized spacial score (nSPS) is 13.4. The van der Waals surface area contributed by atoms with E-state index in [1.807, 2.05) is 0 Å². The molecule has 396 valence electrons. The van der Waals surface area contributed by atoms with Gasteiger partial charge < -0.3 is 10.2 Å². The van der Waals surface area contributed by atoms with Crippen molar-refractivity contribution in [2.45, 2.75) is 180 Å². The van der Waals surface area contributed by atoms with Crippen LogP contribution in [0, 0.1) is 23.7 Å². The number of hydrogen-bond donors (Lipinski definition) is 2. The first kappa shape index (κ1) is 54.7. The molecular weight excluding hydrogens is 997 g/mol. The highest BCUT2D eigenvalue weighted by molar-refractivity contribution is 7.16. The van der Waals surface area contributed by atoms with E-state index in [-0.39, 0.29) is 24.0 Å². The van der Waals surface area contributed by atoms with Crippen LogP contribution in [0.1, 0.15) is 210 Å². The Labute approximate surface area is 471 Å². The number of unbranched alkanes of at least 4 members (excludes halogenated alkanes) is 12. The average Bonchev–Trinajstić information content (AvgIpc) is 4.42. The number of fused-ring (bicyclic) bond motifs is 7. The highest BCUT2D eigenvalue weighted by Gasteiger charge is 2.44. The van der Waals surface area contributed by atoms with Crippen LogP contribution in [-0.4, -0.2) is 19.0 Å². The number of thiophene rings is 2. The molecule has 5 aromatic carbocycles. The van der Waals surface area contributed by atoms with E-state index in [1.165, 1.54) is 159 Å². The fourth-order valence-corrected chi connectivity index (χ4v) is 15.2. The molecule has 3 heterocycles. The largest absolute Gasteiger partial charge is 0.392 e. The van der Waals surface area contributed by atoms with Gasteiger partial charge in [0, 0.05) is 42.8 Å². The molecule has 0 spiro atoms. The Morgan fingerprint density at radius 1 is 0.377 bits per heavy atom. The smallest absolute Gasteiger partial charge is 0.114 e.